The molecule has 9 nitrogen and oxygen atoms in total. The highest BCUT2D eigenvalue weighted by Gasteiger charge is 2.39. The maximum atomic E-state index is 13.9. The molecular formula is C28H34N2O7S2. The van der Waals surface area contributed by atoms with Gasteiger partial charge in [0.25, 0.3) is 0 Å². The predicted octanol–water partition coefficient (Wildman–Crippen LogP) is 3.85. The van der Waals surface area contributed by atoms with Gasteiger partial charge in [0.1, 0.15) is 6.04 Å². The van der Waals surface area contributed by atoms with E-state index in [4.69, 9.17) is 4.74 Å². The lowest BCUT2D eigenvalue weighted by molar-refractivity contribution is -0.147. The summed E-state index contributed by atoms with van der Waals surface area (Å²) in [5.41, 5.74) is 2.17. The van der Waals surface area contributed by atoms with Crippen molar-refractivity contribution in [2.45, 2.75) is 50.7 Å². The van der Waals surface area contributed by atoms with Gasteiger partial charge >= 0.3 is 16.3 Å². The van der Waals surface area contributed by atoms with E-state index in [1.165, 1.54) is 19.1 Å². The van der Waals surface area contributed by atoms with Crippen molar-refractivity contribution < 1.29 is 30.9 Å². The first-order valence-corrected chi connectivity index (χ1v) is 15.3. The van der Waals surface area contributed by atoms with E-state index in [2.05, 4.69) is 0 Å². The van der Waals surface area contributed by atoms with Crippen molar-refractivity contribution >= 4 is 26.3 Å². The van der Waals surface area contributed by atoms with Crippen molar-refractivity contribution in [3.63, 3.8) is 0 Å². The molecule has 0 amide bonds. The predicted molar refractivity (Wildman–Crippen MR) is 149 cm³/mol. The molecule has 2 atom stereocenters. The third kappa shape index (κ3) is 8.20. The molecule has 0 saturated heterocycles. The zero-order valence-electron chi connectivity index (χ0n) is 22.2. The summed E-state index contributed by atoms with van der Waals surface area (Å²) in [6.07, 6.45) is 0.0723. The molecule has 0 bridgehead atoms. The Morgan fingerprint density at radius 1 is 0.846 bits per heavy atom. The number of benzene rings is 3. The number of esters is 1. The summed E-state index contributed by atoms with van der Waals surface area (Å²) in [6, 6.07) is 21.4. The molecule has 0 unspecified atom stereocenters. The Hall–Kier alpha value is -3.09. The van der Waals surface area contributed by atoms with Crippen LogP contribution in [0.2, 0.25) is 0 Å². The third-order valence-electron chi connectivity index (χ3n) is 6.28. The van der Waals surface area contributed by atoms with Crippen LogP contribution >= 0.6 is 0 Å². The Labute approximate surface area is 231 Å². The molecular weight excluding hydrogens is 540 g/mol. The number of hydrogen-bond acceptors (Lipinski definition) is 6. The molecule has 1 N–H and O–H groups in total. The van der Waals surface area contributed by atoms with E-state index in [1.807, 2.05) is 6.92 Å². The molecule has 0 aliphatic rings. The van der Waals surface area contributed by atoms with Crippen LogP contribution in [0.25, 0.3) is 0 Å². The summed E-state index contributed by atoms with van der Waals surface area (Å²) in [4.78, 5) is 12.8. The Kier molecular flexibility index (Phi) is 10.4. The first-order chi connectivity index (χ1) is 18.4. The molecule has 3 aromatic carbocycles. The molecule has 0 radical (unpaired) electrons. The molecule has 0 fully saturated rings. The highest BCUT2D eigenvalue weighted by molar-refractivity contribution is 7.89. The topological polar surface area (TPSA) is 121 Å². The summed E-state index contributed by atoms with van der Waals surface area (Å²) < 4.78 is 70.5. The minimum Gasteiger partial charge on any atom is -0.465 e. The van der Waals surface area contributed by atoms with E-state index >= 15 is 0 Å². The average Bonchev–Trinajstić information content (AvgIpc) is 2.90. The SMILES string of the molecule is CCOC(=O)[C@H](C)N(C[C@H](Cc1ccccc1)N(Cc1ccccc1)S(=O)(=O)O)S(=O)(=O)c1ccc(C)cc1. The molecule has 0 aliphatic heterocycles. The molecule has 3 rings (SSSR count). The van der Waals surface area contributed by atoms with Crippen LogP contribution < -0.4 is 0 Å². The first-order valence-electron chi connectivity index (χ1n) is 12.5. The van der Waals surface area contributed by atoms with Gasteiger partial charge in [0, 0.05) is 19.1 Å². The number of nitrogens with zero attached hydrogens (tertiary/aromatic N) is 2. The van der Waals surface area contributed by atoms with Gasteiger partial charge in [-0.15, -0.1) is 0 Å². The van der Waals surface area contributed by atoms with Gasteiger partial charge in [0.05, 0.1) is 11.5 Å². The Morgan fingerprint density at radius 3 is 1.90 bits per heavy atom. The summed E-state index contributed by atoms with van der Waals surface area (Å²) in [5.74, 6) is -0.770. The quantitative estimate of drug-likeness (QED) is 0.243. The van der Waals surface area contributed by atoms with Crippen LogP contribution in [0.3, 0.4) is 0 Å². The van der Waals surface area contributed by atoms with Gasteiger partial charge in [-0.1, -0.05) is 78.4 Å². The molecule has 0 aliphatic carbocycles. The van der Waals surface area contributed by atoms with Crippen LogP contribution in [-0.2, 0) is 42.8 Å². The van der Waals surface area contributed by atoms with Gasteiger partial charge in [-0.05, 0) is 50.5 Å². The third-order valence-corrected chi connectivity index (χ3v) is 9.25. The van der Waals surface area contributed by atoms with Crippen molar-refractivity contribution in [3.05, 3.63) is 102 Å². The number of rotatable bonds is 13. The van der Waals surface area contributed by atoms with Crippen LogP contribution in [0.1, 0.15) is 30.5 Å². The van der Waals surface area contributed by atoms with Crippen LogP contribution in [0, 0.1) is 6.92 Å². The van der Waals surface area contributed by atoms with E-state index in [-0.39, 0.29) is 24.5 Å². The molecule has 0 aromatic heterocycles. The Balaban J connectivity index is 2.13. The van der Waals surface area contributed by atoms with Crippen molar-refractivity contribution in [1.82, 2.24) is 8.61 Å². The number of carbonyl (C=O) groups excluding carboxylic acids is 1. The summed E-state index contributed by atoms with van der Waals surface area (Å²) >= 11 is 0. The largest absolute Gasteiger partial charge is 0.465 e. The number of aryl methyl sites for hydroxylation is 1. The van der Waals surface area contributed by atoms with E-state index < -0.39 is 44.9 Å². The van der Waals surface area contributed by atoms with Gasteiger partial charge in [-0.25, -0.2) is 8.42 Å². The monoisotopic (exact) mass is 574 g/mol. The van der Waals surface area contributed by atoms with Crippen LogP contribution in [0.4, 0.5) is 0 Å². The lowest BCUT2D eigenvalue weighted by Gasteiger charge is -2.35. The number of ether oxygens (including phenoxy) is 1. The average molecular weight is 575 g/mol. The molecule has 0 spiro atoms. The maximum absolute atomic E-state index is 13.9. The van der Waals surface area contributed by atoms with E-state index in [9.17, 15) is 26.2 Å². The Morgan fingerprint density at radius 2 is 1.38 bits per heavy atom. The fourth-order valence-electron chi connectivity index (χ4n) is 4.20. The summed E-state index contributed by atoms with van der Waals surface area (Å²) in [6.45, 7) is 4.25. The van der Waals surface area contributed by atoms with Crippen LogP contribution in [0.15, 0.2) is 89.8 Å². The molecule has 0 saturated carbocycles. The van der Waals surface area contributed by atoms with Crippen LogP contribution in [-0.4, -0.2) is 61.2 Å². The van der Waals surface area contributed by atoms with E-state index in [0.29, 0.717) is 5.56 Å². The smallest absolute Gasteiger partial charge is 0.336 e. The second-order valence-electron chi connectivity index (χ2n) is 9.17. The van der Waals surface area contributed by atoms with E-state index in [1.54, 1.807) is 79.7 Å². The van der Waals surface area contributed by atoms with E-state index in [0.717, 1.165) is 19.7 Å². The maximum Gasteiger partial charge on any atom is 0.336 e. The molecule has 11 heteroatoms. The molecule has 39 heavy (non-hydrogen) atoms. The van der Waals surface area contributed by atoms with Crippen molar-refractivity contribution in [2.24, 2.45) is 0 Å². The lowest BCUT2D eigenvalue weighted by atomic mass is 10.0. The van der Waals surface area contributed by atoms with Gasteiger partial charge in [-0.3, -0.25) is 9.35 Å². The van der Waals surface area contributed by atoms with Gasteiger partial charge in [-0.2, -0.15) is 17.0 Å². The second-order valence-corrected chi connectivity index (χ2v) is 12.4. The standard InChI is InChI=1S/C28H34N2O7S2/c1-4-37-28(31)23(3)29(38(32,33)27-17-15-22(2)16-18-27)21-26(19-24-11-7-5-8-12-24)30(39(34,35)36)20-25-13-9-6-10-14-25/h5-18,23,26H,4,19-21H2,1-3H3,(H,34,35,36)/t23-,26-/m0/s1. The second kappa shape index (κ2) is 13.3. The summed E-state index contributed by atoms with van der Waals surface area (Å²) in [5, 5.41) is 0. The zero-order valence-corrected chi connectivity index (χ0v) is 23.8. The van der Waals surface area contributed by atoms with Gasteiger partial charge < -0.3 is 4.74 Å². The van der Waals surface area contributed by atoms with Crippen LogP contribution in [0.5, 0.6) is 0 Å². The van der Waals surface area contributed by atoms with Crippen molar-refractivity contribution in [1.29, 1.82) is 0 Å². The highest BCUT2D eigenvalue weighted by atomic mass is 32.2. The fourth-order valence-corrected chi connectivity index (χ4v) is 6.66. The minimum absolute atomic E-state index is 0.0419. The van der Waals surface area contributed by atoms with Crippen molar-refractivity contribution in [2.75, 3.05) is 13.2 Å². The Bertz CT molecular complexity index is 1430. The fraction of sp³-hybridized carbons (Fsp3) is 0.321. The molecule has 210 valence electrons. The zero-order chi connectivity index (χ0) is 28.6. The van der Waals surface area contributed by atoms with Crippen molar-refractivity contribution in [3.8, 4) is 0 Å². The first kappa shape index (κ1) is 30.5. The normalized spacial score (nSPS) is 13.8. The number of carbonyl (C=O) groups is 1. The minimum atomic E-state index is -4.80. The molecule has 0 heterocycles. The lowest BCUT2D eigenvalue weighted by Crippen LogP contribution is -2.53. The van der Waals surface area contributed by atoms with Gasteiger partial charge in [0.15, 0.2) is 0 Å². The molecule has 3 aromatic rings. The highest BCUT2D eigenvalue weighted by Crippen LogP contribution is 2.24. The summed E-state index contributed by atoms with van der Waals surface area (Å²) in [7, 11) is -9.09. The number of sulfonamides is 1. The van der Waals surface area contributed by atoms with Gasteiger partial charge in [0.2, 0.25) is 10.0 Å². The number of hydrogen-bond donors (Lipinski definition) is 1.